The zero-order valence-electron chi connectivity index (χ0n) is 16.8. The number of benzene rings is 2. The first kappa shape index (κ1) is 22.7. The summed E-state index contributed by atoms with van der Waals surface area (Å²) in [6.45, 7) is 2.91. The van der Waals surface area contributed by atoms with Crippen LogP contribution < -0.4 is 10.3 Å². The van der Waals surface area contributed by atoms with Gasteiger partial charge in [0.15, 0.2) is 0 Å². The number of carbonyl (C=O) groups is 1. The predicted molar refractivity (Wildman–Crippen MR) is 119 cm³/mol. The van der Waals surface area contributed by atoms with Crippen LogP contribution >= 0.6 is 11.6 Å². The Kier molecular flexibility index (Phi) is 6.94. The van der Waals surface area contributed by atoms with Gasteiger partial charge in [-0.1, -0.05) is 41.4 Å². The number of nitrogens with one attached hydrogen (secondary N) is 1. The number of halogens is 1. The molecular weight excluding hydrogens is 442 g/mol. The molecule has 0 bridgehead atoms. The molecular formula is C22H20ClNO6S. The Hall–Kier alpha value is -2.94. The van der Waals surface area contributed by atoms with Crippen LogP contribution in [-0.4, -0.2) is 20.9 Å². The molecule has 0 amide bonds. The van der Waals surface area contributed by atoms with E-state index in [1.54, 1.807) is 31.2 Å². The molecule has 0 saturated heterocycles. The van der Waals surface area contributed by atoms with Crippen LogP contribution in [0.1, 0.15) is 22.3 Å². The highest BCUT2D eigenvalue weighted by atomic mass is 35.5. The van der Waals surface area contributed by atoms with Gasteiger partial charge in [-0.15, -0.1) is 0 Å². The van der Waals surface area contributed by atoms with Gasteiger partial charge in [-0.2, -0.15) is 0 Å². The molecule has 0 aliphatic heterocycles. The third kappa shape index (κ3) is 6.27. The number of hydrogen-bond acceptors (Lipinski definition) is 6. The molecule has 162 valence electrons. The van der Waals surface area contributed by atoms with E-state index in [0.717, 1.165) is 16.5 Å². The number of aryl methyl sites for hydroxylation is 2. The lowest BCUT2D eigenvalue weighted by Gasteiger charge is -2.09. The smallest absolute Gasteiger partial charge is 0.336 e. The molecule has 1 aromatic heterocycles. The maximum atomic E-state index is 12.1. The minimum absolute atomic E-state index is 0.235. The number of hydrogen-bond donors (Lipinski definition) is 1. The van der Waals surface area contributed by atoms with Gasteiger partial charge >= 0.3 is 11.6 Å². The van der Waals surface area contributed by atoms with E-state index >= 15 is 0 Å². The molecule has 1 heterocycles. The average Bonchev–Trinajstić information content (AvgIpc) is 2.71. The van der Waals surface area contributed by atoms with Crippen LogP contribution in [0.15, 0.2) is 57.1 Å². The lowest BCUT2D eigenvalue weighted by molar-refractivity contribution is -0.143. The summed E-state index contributed by atoms with van der Waals surface area (Å²) in [6, 6.07) is 11.7. The Bertz CT molecular complexity index is 1310. The zero-order chi connectivity index (χ0) is 22.6. The maximum Gasteiger partial charge on any atom is 0.336 e. The zero-order valence-corrected chi connectivity index (χ0v) is 18.4. The van der Waals surface area contributed by atoms with Gasteiger partial charge < -0.3 is 9.15 Å². The van der Waals surface area contributed by atoms with Crippen molar-refractivity contribution in [3.05, 3.63) is 85.6 Å². The fourth-order valence-corrected chi connectivity index (χ4v) is 3.65. The SMILES string of the molecule is Cc1ccc(C=CS(=O)(=O)NCC(=O)OCc2cc(=O)oc3cc(C)c(Cl)cc23)cc1. The summed E-state index contributed by atoms with van der Waals surface area (Å²) >= 11 is 6.13. The molecule has 0 radical (unpaired) electrons. The van der Waals surface area contributed by atoms with E-state index in [1.807, 2.05) is 19.1 Å². The van der Waals surface area contributed by atoms with Gasteiger partial charge in [0, 0.05) is 27.4 Å². The second-order valence-corrected chi connectivity index (χ2v) is 8.99. The van der Waals surface area contributed by atoms with Gasteiger partial charge in [-0.05, 0) is 43.2 Å². The van der Waals surface area contributed by atoms with Gasteiger partial charge in [-0.3, -0.25) is 4.79 Å². The molecule has 2 aromatic carbocycles. The van der Waals surface area contributed by atoms with Crippen LogP contribution in [0.2, 0.25) is 5.02 Å². The summed E-state index contributed by atoms with van der Waals surface area (Å²) in [7, 11) is -3.83. The van der Waals surface area contributed by atoms with Gasteiger partial charge in [0.1, 0.15) is 18.7 Å². The summed E-state index contributed by atoms with van der Waals surface area (Å²) in [4.78, 5) is 23.8. The highest BCUT2D eigenvalue weighted by Gasteiger charge is 2.13. The van der Waals surface area contributed by atoms with Gasteiger partial charge in [0.2, 0.25) is 10.0 Å². The van der Waals surface area contributed by atoms with Crippen LogP contribution in [-0.2, 0) is 26.2 Å². The number of fused-ring (bicyclic) bond motifs is 1. The maximum absolute atomic E-state index is 12.1. The molecule has 9 heteroatoms. The number of rotatable bonds is 7. The minimum Gasteiger partial charge on any atom is -0.460 e. The van der Waals surface area contributed by atoms with Gasteiger partial charge in [-0.25, -0.2) is 17.9 Å². The molecule has 1 N–H and O–H groups in total. The molecule has 31 heavy (non-hydrogen) atoms. The van der Waals surface area contributed by atoms with E-state index in [9.17, 15) is 18.0 Å². The lowest BCUT2D eigenvalue weighted by atomic mass is 10.1. The van der Waals surface area contributed by atoms with Crippen molar-refractivity contribution in [1.29, 1.82) is 0 Å². The number of ether oxygens (including phenoxy) is 1. The second-order valence-electron chi connectivity index (χ2n) is 6.93. The number of sulfonamides is 1. The van der Waals surface area contributed by atoms with Crippen molar-refractivity contribution < 1.29 is 22.4 Å². The molecule has 0 unspecified atom stereocenters. The van der Waals surface area contributed by atoms with Gasteiger partial charge in [0.25, 0.3) is 0 Å². The molecule has 0 saturated carbocycles. The topological polar surface area (TPSA) is 103 Å². The lowest BCUT2D eigenvalue weighted by Crippen LogP contribution is -2.29. The van der Waals surface area contributed by atoms with Crippen LogP contribution in [0, 0.1) is 13.8 Å². The van der Waals surface area contributed by atoms with E-state index in [4.69, 9.17) is 20.8 Å². The molecule has 0 spiro atoms. The highest BCUT2D eigenvalue weighted by Crippen LogP contribution is 2.25. The fraction of sp³-hybridized carbons (Fsp3) is 0.182. The Morgan fingerprint density at radius 1 is 1.16 bits per heavy atom. The van der Waals surface area contributed by atoms with E-state index in [2.05, 4.69) is 4.72 Å². The van der Waals surface area contributed by atoms with Crippen LogP contribution in [0.5, 0.6) is 0 Å². The van der Waals surface area contributed by atoms with Crippen molar-refractivity contribution in [2.24, 2.45) is 0 Å². The number of esters is 1. The normalized spacial score (nSPS) is 11.8. The van der Waals surface area contributed by atoms with Crippen molar-refractivity contribution >= 4 is 44.6 Å². The Labute approximate surface area is 184 Å². The summed E-state index contributed by atoms with van der Waals surface area (Å²) in [5.41, 5.74) is 2.64. The summed E-state index contributed by atoms with van der Waals surface area (Å²) in [5.74, 6) is -0.799. The van der Waals surface area contributed by atoms with Crippen molar-refractivity contribution in [1.82, 2.24) is 4.72 Å². The standard InChI is InChI=1S/C22H20ClNO6S/c1-14-3-5-16(6-4-14)7-8-31(27,28)24-12-22(26)29-13-17-10-21(25)30-20-9-15(2)19(23)11-18(17)20/h3-11,24H,12-13H2,1-2H3. The van der Waals surface area contributed by atoms with Crippen molar-refractivity contribution in [3.63, 3.8) is 0 Å². The Morgan fingerprint density at radius 3 is 2.58 bits per heavy atom. The monoisotopic (exact) mass is 461 g/mol. The van der Waals surface area contributed by atoms with Crippen molar-refractivity contribution in [3.8, 4) is 0 Å². The van der Waals surface area contributed by atoms with E-state index in [0.29, 0.717) is 27.1 Å². The first-order valence-corrected chi connectivity index (χ1v) is 11.2. The van der Waals surface area contributed by atoms with Gasteiger partial charge in [0.05, 0.1) is 0 Å². The molecule has 0 atom stereocenters. The number of carbonyl (C=O) groups excluding carboxylic acids is 1. The van der Waals surface area contributed by atoms with Crippen LogP contribution in [0.4, 0.5) is 0 Å². The highest BCUT2D eigenvalue weighted by molar-refractivity contribution is 7.92. The first-order valence-electron chi connectivity index (χ1n) is 9.26. The molecule has 3 aromatic rings. The molecule has 0 aliphatic carbocycles. The van der Waals surface area contributed by atoms with Crippen molar-refractivity contribution in [2.45, 2.75) is 20.5 Å². The van der Waals surface area contributed by atoms with E-state index in [1.165, 1.54) is 12.1 Å². The molecule has 7 nitrogen and oxygen atoms in total. The fourth-order valence-electron chi connectivity index (χ4n) is 2.73. The third-order valence-corrected chi connectivity index (χ3v) is 5.88. The van der Waals surface area contributed by atoms with Crippen LogP contribution in [0.3, 0.4) is 0 Å². The third-order valence-electron chi connectivity index (χ3n) is 4.43. The largest absolute Gasteiger partial charge is 0.460 e. The van der Waals surface area contributed by atoms with E-state index in [-0.39, 0.29) is 6.61 Å². The first-order chi connectivity index (χ1) is 14.6. The Morgan fingerprint density at radius 2 is 1.87 bits per heavy atom. The summed E-state index contributed by atoms with van der Waals surface area (Å²) in [6.07, 6.45) is 1.42. The van der Waals surface area contributed by atoms with Crippen molar-refractivity contribution in [2.75, 3.05) is 6.54 Å². The van der Waals surface area contributed by atoms with E-state index < -0.39 is 28.2 Å². The minimum atomic E-state index is -3.83. The predicted octanol–water partition coefficient (Wildman–Crippen LogP) is 3.70. The Balaban J connectivity index is 1.62. The summed E-state index contributed by atoms with van der Waals surface area (Å²) in [5, 5.41) is 1.98. The second kappa shape index (κ2) is 9.47. The average molecular weight is 462 g/mol. The quantitative estimate of drug-likeness (QED) is 0.425. The molecule has 0 aliphatic rings. The van der Waals surface area contributed by atoms with Crippen LogP contribution in [0.25, 0.3) is 17.0 Å². The molecule has 3 rings (SSSR count). The molecule has 0 fully saturated rings. The summed E-state index contributed by atoms with van der Waals surface area (Å²) < 4.78 is 36.6.